The van der Waals surface area contributed by atoms with Crippen LogP contribution in [0.5, 0.6) is 0 Å². The van der Waals surface area contributed by atoms with Crippen LogP contribution in [0.4, 0.5) is 5.69 Å². The fourth-order valence-electron chi connectivity index (χ4n) is 3.11. The molecule has 2 aromatic carbocycles. The maximum Gasteiger partial charge on any atom is 0.262 e. The van der Waals surface area contributed by atoms with E-state index in [-0.39, 0.29) is 11.8 Å². The molecule has 140 valence electrons. The van der Waals surface area contributed by atoms with Crippen LogP contribution in [0.3, 0.4) is 0 Å². The zero-order valence-corrected chi connectivity index (χ0v) is 15.8. The van der Waals surface area contributed by atoms with Crippen molar-refractivity contribution in [1.29, 1.82) is 0 Å². The molecule has 4 rings (SSSR count). The zero-order chi connectivity index (χ0) is 19.3. The number of para-hydroxylation sites is 1. The number of H-pyrrole nitrogens is 1. The topological polar surface area (TPSA) is 74.0 Å². The Balaban J connectivity index is 1.57. The molecule has 0 saturated carbocycles. The van der Waals surface area contributed by atoms with E-state index in [0.717, 1.165) is 16.5 Å². The van der Waals surface area contributed by atoms with Gasteiger partial charge in [0.1, 0.15) is 6.04 Å². The van der Waals surface area contributed by atoms with Gasteiger partial charge in [-0.2, -0.15) is 0 Å². The number of amides is 2. The molecule has 0 aliphatic carbocycles. The molecule has 1 atom stereocenters. The van der Waals surface area contributed by atoms with Gasteiger partial charge in [0.15, 0.2) is 0 Å². The summed E-state index contributed by atoms with van der Waals surface area (Å²) in [4.78, 5) is 29.3. The van der Waals surface area contributed by atoms with Crippen LogP contribution in [-0.4, -0.2) is 22.8 Å². The van der Waals surface area contributed by atoms with E-state index in [4.69, 9.17) is 0 Å². The zero-order valence-electron chi connectivity index (χ0n) is 15.0. The van der Waals surface area contributed by atoms with E-state index >= 15 is 0 Å². The molecule has 4 aromatic rings. The number of benzene rings is 2. The van der Waals surface area contributed by atoms with Gasteiger partial charge in [0.05, 0.1) is 16.1 Å². The second-order valence-corrected chi connectivity index (χ2v) is 7.38. The molecule has 2 amide bonds. The Bertz CT molecular complexity index is 1090. The van der Waals surface area contributed by atoms with Crippen molar-refractivity contribution in [2.45, 2.75) is 12.5 Å². The Hall–Kier alpha value is -3.38. The summed E-state index contributed by atoms with van der Waals surface area (Å²) in [6.07, 6.45) is 2.24. The molecule has 0 radical (unpaired) electrons. The number of anilines is 1. The van der Waals surface area contributed by atoms with E-state index in [1.54, 1.807) is 6.07 Å². The fourth-order valence-corrected chi connectivity index (χ4v) is 3.73. The number of rotatable bonds is 6. The van der Waals surface area contributed by atoms with Gasteiger partial charge in [-0.1, -0.05) is 48.5 Å². The SMILES string of the molecule is O=C(NC(Cc1ccccc1)C(=O)Nc1cccc2cc[nH]c12)c1cccs1. The Morgan fingerprint density at radius 2 is 1.82 bits per heavy atom. The molecule has 6 heteroatoms. The molecule has 0 aliphatic heterocycles. The number of nitrogens with one attached hydrogen (secondary N) is 3. The number of carbonyl (C=O) groups is 2. The lowest BCUT2D eigenvalue weighted by Gasteiger charge is -2.19. The number of thiophene rings is 1. The van der Waals surface area contributed by atoms with Crippen molar-refractivity contribution in [3.63, 3.8) is 0 Å². The normalized spacial score (nSPS) is 11.9. The van der Waals surface area contributed by atoms with E-state index in [1.807, 2.05) is 72.2 Å². The third-order valence-electron chi connectivity index (χ3n) is 4.49. The van der Waals surface area contributed by atoms with Crippen LogP contribution in [0.15, 0.2) is 78.3 Å². The Kier molecular flexibility index (Phi) is 5.21. The predicted octanol–water partition coefficient (Wildman–Crippen LogP) is 4.21. The first kappa shape index (κ1) is 18.0. The number of aromatic amines is 1. The van der Waals surface area contributed by atoms with Gasteiger partial charge < -0.3 is 15.6 Å². The second-order valence-electron chi connectivity index (χ2n) is 6.43. The molecule has 1 unspecified atom stereocenters. The van der Waals surface area contributed by atoms with Crippen LogP contribution < -0.4 is 10.6 Å². The van der Waals surface area contributed by atoms with Crippen molar-refractivity contribution >= 4 is 39.7 Å². The third kappa shape index (κ3) is 3.97. The largest absolute Gasteiger partial charge is 0.359 e. The van der Waals surface area contributed by atoms with Gasteiger partial charge >= 0.3 is 0 Å². The van der Waals surface area contributed by atoms with Crippen molar-refractivity contribution in [3.8, 4) is 0 Å². The van der Waals surface area contributed by atoms with Gasteiger partial charge in [-0.3, -0.25) is 9.59 Å². The molecule has 0 spiro atoms. The molecule has 3 N–H and O–H groups in total. The first-order chi connectivity index (χ1) is 13.7. The first-order valence-electron chi connectivity index (χ1n) is 8.96. The molecule has 0 bridgehead atoms. The van der Waals surface area contributed by atoms with Crippen LogP contribution in [0.25, 0.3) is 10.9 Å². The molecule has 0 saturated heterocycles. The Morgan fingerprint density at radius 1 is 0.964 bits per heavy atom. The summed E-state index contributed by atoms with van der Waals surface area (Å²) in [6.45, 7) is 0. The summed E-state index contributed by atoms with van der Waals surface area (Å²) >= 11 is 1.35. The highest BCUT2D eigenvalue weighted by Gasteiger charge is 2.23. The maximum absolute atomic E-state index is 13.1. The molecular formula is C22H19N3O2S. The number of aromatic nitrogens is 1. The van der Waals surface area contributed by atoms with Crippen molar-refractivity contribution in [3.05, 3.63) is 88.7 Å². The van der Waals surface area contributed by atoms with Crippen LogP contribution in [-0.2, 0) is 11.2 Å². The van der Waals surface area contributed by atoms with Gasteiger partial charge in [0.2, 0.25) is 5.91 Å². The highest BCUT2D eigenvalue weighted by atomic mass is 32.1. The smallest absolute Gasteiger partial charge is 0.262 e. The minimum absolute atomic E-state index is 0.246. The van der Waals surface area contributed by atoms with Gasteiger partial charge in [-0.05, 0) is 29.1 Å². The summed E-state index contributed by atoms with van der Waals surface area (Å²) in [5.74, 6) is -0.500. The van der Waals surface area contributed by atoms with E-state index < -0.39 is 6.04 Å². The predicted molar refractivity (Wildman–Crippen MR) is 113 cm³/mol. The van der Waals surface area contributed by atoms with Crippen LogP contribution in [0.2, 0.25) is 0 Å². The molecule has 0 aliphatic rings. The summed E-state index contributed by atoms with van der Waals surface area (Å²) in [5, 5.41) is 8.69. The summed E-state index contributed by atoms with van der Waals surface area (Å²) in [7, 11) is 0. The van der Waals surface area contributed by atoms with Gasteiger partial charge in [0, 0.05) is 18.0 Å². The summed E-state index contributed by atoms with van der Waals surface area (Å²) in [6, 6.07) is 20.2. The molecule has 2 aromatic heterocycles. The highest BCUT2D eigenvalue weighted by molar-refractivity contribution is 7.12. The van der Waals surface area contributed by atoms with Gasteiger partial charge in [0.25, 0.3) is 5.91 Å². The number of carbonyl (C=O) groups excluding carboxylic acids is 2. The number of fused-ring (bicyclic) bond motifs is 1. The fraction of sp³-hybridized carbons (Fsp3) is 0.0909. The molecular weight excluding hydrogens is 370 g/mol. The first-order valence-corrected chi connectivity index (χ1v) is 9.84. The van der Waals surface area contributed by atoms with Crippen LogP contribution in [0, 0.1) is 0 Å². The molecule has 0 fully saturated rings. The summed E-state index contributed by atoms with van der Waals surface area (Å²) in [5.41, 5.74) is 2.53. The standard InChI is InChI=1S/C22H19N3O2S/c26-21(24-17-9-4-8-16-11-12-23-20(16)17)18(14-15-6-2-1-3-7-15)25-22(27)19-10-5-13-28-19/h1-13,18,23H,14H2,(H,24,26)(H,25,27). The quantitative estimate of drug-likeness (QED) is 0.462. The van der Waals surface area contributed by atoms with E-state index in [0.29, 0.717) is 17.0 Å². The van der Waals surface area contributed by atoms with Crippen molar-refractivity contribution < 1.29 is 9.59 Å². The van der Waals surface area contributed by atoms with E-state index in [2.05, 4.69) is 15.6 Å². The van der Waals surface area contributed by atoms with Gasteiger partial charge in [-0.25, -0.2) is 0 Å². The van der Waals surface area contributed by atoms with Crippen molar-refractivity contribution in [2.24, 2.45) is 0 Å². The Labute approximate surface area is 166 Å². The lowest BCUT2D eigenvalue weighted by Crippen LogP contribution is -2.45. The maximum atomic E-state index is 13.1. The van der Waals surface area contributed by atoms with Gasteiger partial charge in [-0.15, -0.1) is 11.3 Å². The third-order valence-corrected chi connectivity index (χ3v) is 5.36. The summed E-state index contributed by atoms with van der Waals surface area (Å²) < 4.78 is 0. The molecule has 2 heterocycles. The second kappa shape index (κ2) is 8.10. The minimum atomic E-state index is -0.692. The monoisotopic (exact) mass is 389 g/mol. The average Bonchev–Trinajstić information content (AvgIpc) is 3.40. The van der Waals surface area contributed by atoms with Crippen LogP contribution in [0.1, 0.15) is 15.2 Å². The van der Waals surface area contributed by atoms with E-state index in [9.17, 15) is 9.59 Å². The van der Waals surface area contributed by atoms with E-state index in [1.165, 1.54) is 11.3 Å². The highest BCUT2D eigenvalue weighted by Crippen LogP contribution is 2.22. The van der Waals surface area contributed by atoms with Crippen molar-refractivity contribution in [1.82, 2.24) is 10.3 Å². The lowest BCUT2D eigenvalue weighted by atomic mass is 10.0. The van der Waals surface area contributed by atoms with Crippen LogP contribution >= 0.6 is 11.3 Å². The van der Waals surface area contributed by atoms with Crippen molar-refractivity contribution in [2.75, 3.05) is 5.32 Å². The molecule has 28 heavy (non-hydrogen) atoms. The average molecular weight is 389 g/mol. The Morgan fingerprint density at radius 3 is 2.61 bits per heavy atom. The molecule has 5 nitrogen and oxygen atoms in total. The lowest BCUT2D eigenvalue weighted by molar-refractivity contribution is -0.118. The number of hydrogen-bond donors (Lipinski definition) is 3. The number of hydrogen-bond acceptors (Lipinski definition) is 3. The minimum Gasteiger partial charge on any atom is -0.359 e.